The zero-order chi connectivity index (χ0) is 20.1. The third kappa shape index (κ3) is 4.25. The number of nitrogens with one attached hydrogen (secondary N) is 3. The van der Waals surface area contributed by atoms with Crippen molar-refractivity contribution in [3.63, 3.8) is 0 Å². The maximum atomic E-state index is 12.3. The molecule has 29 heavy (non-hydrogen) atoms. The van der Waals surface area contributed by atoms with E-state index in [4.69, 9.17) is 5.26 Å². The highest BCUT2D eigenvalue weighted by Gasteiger charge is 2.08. The van der Waals surface area contributed by atoms with Crippen LogP contribution in [0, 0.1) is 11.3 Å². The first-order valence-electron chi connectivity index (χ1n) is 9.29. The predicted octanol–water partition coefficient (Wildman–Crippen LogP) is 4.34. The molecule has 0 fully saturated rings. The molecule has 0 unspecified atom stereocenters. The number of pyridine rings is 1. The lowest BCUT2D eigenvalue weighted by Gasteiger charge is -2.08. The van der Waals surface area contributed by atoms with Crippen LogP contribution in [0.25, 0.3) is 10.9 Å². The number of aromatic nitrogens is 2. The summed E-state index contributed by atoms with van der Waals surface area (Å²) in [5.41, 5.74) is 4.76. The van der Waals surface area contributed by atoms with Crippen LogP contribution >= 0.6 is 0 Å². The van der Waals surface area contributed by atoms with Crippen LogP contribution in [0.2, 0.25) is 0 Å². The van der Waals surface area contributed by atoms with Crippen molar-refractivity contribution in [1.29, 1.82) is 5.26 Å². The normalized spacial score (nSPS) is 10.4. The van der Waals surface area contributed by atoms with Gasteiger partial charge in [-0.15, -0.1) is 0 Å². The second-order valence-electron chi connectivity index (χ2n) is 6.61. The van der Waals surface area contributed by atoms with Crippen LogP contribution in [0.15, 0.2) is 73.1 Å². The fraction of sp³-hybridized carbons (Fsp3) is 0.0870. The number of carbonyl (C=O) groups excluding carboxylic acids is 1. The largest absolute Gasteiger partial charge is 0.383 e. The van der Waals surface area contributed by atoms with E-state index in [2.05, 4.69) is 32.7 Å². The van der Waals surface area contributed by atoms with Crippen molar-refractivity contribution in [2.24, 2.45) is 0 Å². The molecule has 0 aliphatic heterocycles. The number of aromatic amines is 1. The summed E-state index contributed by atoms with van der Waals surface area (Å²) in [7, 11) is 0. The molecule has 142 valence electrons. The van der Waals surface area contributed by atoms with Crippen molar-refractivity contribution in [1.82, 2.24) is 9.97 Å². The predicted molar refractivity (Wildman–Crippen MR) is 114 cm³/mol. The molecule has 2 aromatic heterocycles. The molecule has 0 spiro atoms. The molecule has 0 radical (unpaired) electrons. The van der Waals surface area contributed by atoms with Gasteiger partial charge in [0.05, 0.1) is 23.5 Å². The minimum atomic E-state index is -0.292. The van der Waals surface area contributed by atoms with E-state index in [9.17, 15) is 4.79 Å². The number of nitriles is 1. The SMILES string of the molecule is N#Cc1ccc(NC(=O)c2ccc(NCCc3c[nH]c4ccccc34)cn2)cc1. The maximum Gasteiger partial charge on any atom is 0.274 e. The topological polar surface area (TPSA) is 93.6 Å². The Hall–Kier alpha value is -4.11. The Kier molecular flexibility index (Phi) is 5.21. The molecule has 1 amide bonds. The summed E-state index contributed by atoms with van der Waals surface area (Å²) < 4.78 is 0. The average Bonchev–Trinajstić information content (AvgIpc) is 3.18. The van der Waals surface area contributed by atoms with Gasteiger partial charge in [-0.2, -0.15) is 5.26 Å². The highest BCUT2D eigenvalue weighted by molar-refractivity contribution is 6.02. The van der Waals surface area contributed by atoms with E-state index in [-0.39, 0.29) is 5.91 Å². The molecule has 0 atom stereocenters. The Morgan fingerprint density at radius 3 is 2.59 bits per heavy atom. The van der Waals surface area contributed by atoms with E-state index in [0.717, 1.165) is 24.2 Å². The Morgan fingerprint density at radius 2 is 1.83 bits per heavy atom. The number of carbonyl (C=O) groups is 1. The zero-order valence-corrected chi connectivity index (χ0v) is 15.6. The van der Waals surface area contributed by atoms with Crippen LogP contribution < -0.4 is 10.6 Å². The van der Waals surface area contributed by atoms with E-state index >= 15 is 0 Å². The summed E-state index contributed by atoms with van der Waals surface area (Å²) in [6, 6.07) is 20.5. The van der Waals surface area contributed by atoms with Crippen LogP contribution in [-0.4, -0.2) is 22.4 Å². The summed E-state index contributed by atoms with van der Waals surface area (Å²) in [6.07, 6.45) is 4.58. The Balaban J connectivity index is 1.32. The van der Waals surface area contributed by atoms with Gasteiger partial charge in [0.15, 0.2) is 0 Å². The number of benzene rings is 2. The Morgan fingerprint density at radius 1 is 1.03 bits per heavy atom. The van der Waals surface area contributed by atoms with Gasteiger partial charge in [0, 0.05) is 29.3 Å². The first-order chi connectivity index (χ1) is 14.2. The van der Waals surface area contributed by atoms with Gasteiger partial charge in [-0.1, -0.05) is 18.2 Å². The quantitative estimate of drug-likeness (QED) is 0.463. The maximum absolute atomic E-state index is 12.3. The monoisotopic (exact) mass is 381 g/mol. The lowest BCUT2D eigenvalue weighted by atomic mass is 10.1. The van der Waals surface area contributed by atoms with E-state index in [1.807, 2.05) is 30.5 Å². The number of hydrogen-bond donors (Lipinski definition) is 3. The first-order valence-corrected chi connectivity index (χ1v) is 9.29. The molecule has 6 heteroatoms. The van der Waals surface area contributed by atoms with Crippen LogP contribution in [0.4, 0.5) is 11.4 Å². The van der Waals surface area contributed by atoms with E-state index < -0.39 is 0 Å². The van der Waals surface area contributed by atoms with Crippen molar-refractivity contribution in [2.45, 2.75) is 6.42 Å². The average molecular weight is 381 g/mol. The van der Waals surface area contributed by atoms with Crippen molar-refractivity contribution in [2.75, 3.05) is 17.2 Å². The minimum Gasteiger partial charge on any atom is -0.383 e. The van der Waals surface area contributed by atoms with Crippen LogP contribution in [0.5, 0.6) is 0 Å². The molecule has 2 heterocycles. The Bertz CT molecular complexity index is 1170. The van der Waals surface area contributed by atoms with E-state index in [0.29, 0.717) is 16.9 Å². The highest BCUT2D eigenvalue weighted by atomic mass is 16.1. The van der Waals surface area contributed by atoms with Gasteiger partial charge >= 0.3 is 0 Å². The molecule has 2 aromatic carbocycles. The number of para-hydroxylation sites is 1. The minimum absolute atomic E-state index is 0.292. The molecule has 0 aliphatic carbocycles. The van der Waals surface area contributed by atoms with Gasteiger partial charge in [-0.25, -0.2) is 4.98 Å². The first kappa shape index (κ1) is 18.3. The number of nitrogens with zero attached hydrogens (tertiary/aromatic N) is 2. The van der Waals surface area contributed by atoms with Gasteiger partial charge in [-0.3, -0.25) is 4.79 Å². The summed E-state index contributed by atoms with van der Waals surface area (Å²) in [6.45, 7) is 0.764. The van der Waals surface area contributed by atoms with Crippen molar-refractivity contribution >= 4 is 28.2 Å². The van der Waals surface area contributed by atoms with Crippen LogP contribution in [-0.2, 0) is 6.42 Å². The highest BCUT2D eigenvalue weighted by Crippen LogP contribution is 2.18. The van der Waals surface area contributed by atoms with E-state index in [1.165, 1.54) is 10.9 Å². The second kappa shape index (κ2) is 8.28. The third-order valence-corrected chi connectivity index (χ3v) is 4.67. The van der Waals surface area contributed by atoms with Gasteiger partial charge in [-0.05, 0) is 54.4 Å². The van der Waals surface area contributed by atoms with Gasteiger partial charge < -0.3 is 15.6 Å². The zero-order valence-electron chi connectivity index (χ0n) is 15.6. The lowest BCUT2D eigenvalue weighted by Crippen LogP contribution is -2.14. The van der Waals surface area contributed by atoms with E-state index in [1.54, 1.807) is 36.5 Å². The smallest absolute Gasteiger partial charge is 0.274 e. The summed E-state index contributed by atoms with van der Waals surface area (Å²) in [4.78, 5) is 19.8. The molecular formula is C23H19N5O. The van der Waals surface area contributed by atoms with Crippen molar-refractivity contribution < 1.29 is 4.79 Å². The summed E-state index contributed by atoms with van der Waals surface area (Å²) >= 11 is 0. The summed E-state index contributed by atoms with van der Waals surface area (Å²) in [5, 5.41) is 16.2. The fourth-order valence-corrected chi connectivity index (χ4v) is 3.14. The van der Waals surface area contributed by atoms with Gasteiger partial charge in [0.2, 0.25) is 0 Å². The molecule has 0 bridgehead atoms. The van der Waals surface area contributed by atoms with Crippen molar-refractivity contribution in [3.8, 4) is 6.07 Å². The van der Waals surface area contributed by atoms with Gasteiger partial charge in [0.25, 0.3) is 5.91 Å². The fourth-order valence-electron chi connectivity index (χ4n) is 3.14. The number of H-pyrrole nitrogens is 1. The number of hydrogen-bond acceptors (Lipinski definition) is 4. The molecule has 0 aliphatic rings. The summed E-state index contributed by atoms with van der Waals surface area (Å²) in [5.74, 6) is -0.292. The molecular weight excluding hydrogens is 362 g/mol. The third-order valence-electron chi connectivity index (χ3n) is 4.67. The molecule has 4 aromatic rings. The van der Waals surface area contributed by atoms with Crippen LogP contribution in [0.3, 0.4) is 0 Å². The second-order valence-corrected chi connectivity index (χ2v) is 6.61. The van der Waals surface area contributed by atoms with Crippen molar-refractivity contribution in [3.05, 3.63) is 89.9 Å². The number of amides is 1. The molecule has 3 N–H and O–H groups in total. The number of rotatable bonds is 6. The number of fused-ring (bicyclic) bond motifs is 1. The molecule has 0 saturated carbocycles. The molecule has 6 nitrogen and oxygen atoms in total. The molecule has 4 rings (SSSR count). The molecule has 0 saturated heterocycles. The number of anilines is 2. The Labute approximate surface area is 168 Å². The lowest BCUT2D eigenvalue weighted by molar-refractivity contribution is 0.102. The van der Waals surface area contributed by atoms with Gasteiger partial charge in [0.1, 0.15) is 5.69 Å². The van der Waals surface area contributed by atoms with Crippen LogP contribution in [0.1, 0.15) is 21.6 Å². The standard InChI is InChI=1S/C23H19N5O/c24-13-16-5-7-18(8-6-16)28-23(29)22-10-9-19(15-27-22)25-12-11-17-14-26-21-4-2-1-3-20(17)21/h1-10,14-15,25-26H,11-12H2,(H,28,29).